The molecule has 1 aliphatic rings. The molecule has 1 aromatic heterocycles. The quantitative estimate of drug-likeness (QED) is 0.548. The molecule has 27 heavy (non-hydrogen) atoms. The monoisotopic (exact) mass is 447 g/mol. The van der Waals surface area contributed by atoms with Crippen molar-refractivity contribution in [3.8, 4) is 6.07 Å². The van der Waals surface area contributed by atoms with Gasteiger partial charge < -0.3 is 0 Å². The molecule has 1 saturated carbocycles. The van der Waals surface area contributed by atoms with Crippen molar-refractivity contribution in [1.82, 2.24) is 15.4 Å². The van der Waals surface area contributed by atoms with Gasteiger partial charge >= 0.3 is 0 Å². The predicted octanol–water partition coefficient (Wildman–Crippen LogP) is 4.19. The number of hydrazine groups is 1. The lowest BCUT2D eigenvalue weighted by Gasteiger charge is -2.31. The molecule has 140 valence electrons. The smallest absolute Gasteiger partial charge is 0.267 e. The van der Waals surface area contributed by atoms with Crippen LogP contribution in [0.25, 0.3) is 0 Å². The Hall–Kier alpha value is -2.17. The lowest BCUT2D eigenvalue weighted by molar-refractivity contribution is 0.0943. The van der Waals surface area contributed by atoms with Crippen molar-refractivity contribution in [1.29, 1.82) is 5.26 Å². The van der Waals surface area contributed by atoms with Gasteiger partial charge in [-0.05, 0) is 58.8 Å². The fraction of sp³-hybridized carbons (Fsp3) is 0.368. The van der Waals surface area contributed by atoms with Crippen LogP contribution in [-0.4, -0.2) is 21.9 Å². The summed E-state index contributed by atoms with van der Waals surface area (Å²) in [7, 11) is 0. The first-order valence-corrected chi connectivity index (χ1v) is 10.0. The third-order valence-electron chi connectivity index (χ3n) is 4.68. The first-order valence-electron chi connectivity index (χ1n) is 8.69. The van der Waals surface area contributed by atoms with E-state index in [-0.39, 0.29) is 17.8 Å². The molecule has 1 amide bonds. The van der Waals surface area contributed by atoms with Crippen molar-refractivity contribution in [3.05, 3.63) is 51.9 Å². The number of hydrogen-bond donors (Lipinski definition) is 1. The molecule has 1 aliphatic carbocycles. The maximum Gasteiger partial charge on any atom is 0.269 e. The summed E-state index contributed by atoms with van der Waals surface area (Å²) >= 11 is 9.26. The Morgan fingerprint density at radius 3 is 2.74 bits per heavy atom. The van der Waals surface area contributed by atoms with Crippen molar-refractivity contribution in [3.63, 3.8) is 0 Å². The number of benzene rings is 1. The second-order valence-corrected chi connectivity index (χ2v) is 7.81. The van der Waals surface area contributed by atoms with Crippen molar-refractivity contribution < 1.29 is 4.79 Å². The van der Waals surface area contributed by atoms with Crippen molar-refractivity contribution in [2.75, 3.05) is 5.01 Å². The van der Waals surface area contributed by atoms with Gasteiger partial charge in [0.25, 0.3) is 5.91 Å². The summed E-state index contributed by atoms with van der Waals surface area (Å²) in [6.45, 7) is 2.20. The molecule has 2 unspecified atom stereocenters. The normalized spacial score (nSPS) is 18.7. The van der Waals surface area contributed by atoms with E-state index in [9.17, 15) is 4.79 Å². The number of carbonyl (C=O) groups excluding carboxylic acids is 1. The molecule has 1 aromatic carbocycles. The van der Waals surface area contributed by atoms with Crippen LogP contribution < -0.4 is 10.4 Å². The minimum atomic E-state index is -0.236. The van der Waals surface area contributed by atoms with Gasteiger partial charge in [0.1, 0.15) is 6.07 Å². The summed E-state index contributed by atoms with van der Waals surface area (Å²) in [5.74, 6) is 1.28. The van der Waals surface area contributed by atoms with Crippen molar-refractivity contribution >= 4 is 39.3 Å². The van der Waals surface area contributed by atoms with Crippen molar-refractivity contribution in [2.24, 2.45) is 5.92 Å². The van der Waals surface area contributed by atoms with Gasteiger partial charge in [-0.25, -0.2) is 4.98 Å². The van der Waals surface area contributed by atoms with Crippen LogP contribution in [0.1, 0.15) is 47.9 Å². The van der Waals surface area contributed by atoms with E-state index in [0.717, 1.165) is 24.8 Å². The third-order valence-corrected chi connectivity index (χ3v) is 5.55. The zero-order chi connectivity index (χ0) is 19.4. The number of rotatable bonds is 5. The number of aromatic nitrogens is 2. The third kappa shape index (κ3) is 4.57. The number of carbonyl (C=O) groups is 1. The lowest BCUT2D eigenvalue weighted by atomic mass is 10.1. The topological polar surface area (TPSA) is 81.9 Å². The lowest BCUT2D eigenvalue weighted by Crippen LogP contribution is -2.49. The Morgan fingerprint density at radius 1 is 1.41 bits per heavy atom. The largest absolute Gasteiger partial charge is 0.269 e. The molecular weight excluding hydrogens is 430 g/mol. The number of hydrogen-bond acceptors (Lipinski definition) is 5. The van der Waals surface area contributed by atoms with E-state index in [1.807, 2.05) is 18.2 Å². The molecular formula is C19H19BrClN5O. The average Bonchev–Trinajstić information content (AvgIpc) is 3.12. The van der Waals surface area contributed by atoms with E-state index < -0.39 is 0 Å². The molecule has 8 heteroatoms. The van der Waals surface area contributed by atoms with Gasteiger partial charge in [-0.1, -0.05) is 19.1 Å². The molecule has 0 radical (unpaired) electrons. The van der Waals surface area contributed by atoms with Crippen LogP contribution in [0.4, 0.5) is 5.82 Å². The van der Waals surface area contributed by atoms with E-state index in [0.29, 0.717) is 27.7 Å². The van der Waals surface area contributed by atoms with Gasteiger partial charge in [-0.2, -0.15) is 10.2 Å². The van der Waals surface area contributed by atoms with Gasteiger partial charge in [-0.3, -0.25) is 15.2 Å². The minimum absolute atomic E-state index is 0.0601. The van der Waals surface area contributed by atoms with Crippen molar-refractivity contribution in [2.45, 2.75) is 38.1 Å². The van der Waals surface area contributed by atoms with Gasteiger partial charge in [0.05, 0.1) is 10.5 Å². The number of anilines is 1. The molecule has 0 saturated heterocycles. The van der Waals surface area contributed by atoms with Gasteiger partial charge in [0, 0.05) is 17.6 Å². The molecule has 1 heterocycles. The maximum absolute atomic E-state index is 12.8. The summed E-state index contributed by atoms with van der Waals surface area (Å²) in [6, 6.07) is 9.21. The highest BCUT2D eigenvalue weighted by atomic mass is 79.9. The van der Waals surface area contributed by atoms with E-state index in [4.69, 9.17) is 16.9 Å². The Kier molecular flexibility index (Phi) is 6.30. The summed E-state index contributed by atoms with van der Waals surface area (Å²) < 4.78 is 0.624. The standard InChI is InChI=1S/C19H19BrClN5O/c1-12-2-7-15(8-12)26(18-16(20)11-23-17(10-22)24-18)25-19(27)14-5-3-13(9-21)4-6-14/h3-6,11-12,15H,2,7-9H2,1H3,(H,25,27). The van der Waals surface area contributed by atoms with E-state index in [2.05, 4.69) is 38.2 Å². The van der Waals surface area contributed by atoms with Crippen LogP contribution in [0, 0.1) is 17.2 Å². The number of halogens is 2. The highest BCUT2D eigenvalue weighted by molar-refractivity contribution is 9.10. The van der Waals surface area contributed by atoms with Crippen LogP contribution in [0.3, 0.4) is 0 Å². The highest BCUT2D eigenvalue weighted by Gasteiger charge is 2.31. The molecule has 0 bridgehead atoms. The molecule has 0 spiro atoms. The Bertz CT molecular complexity index is 867. The fourth-order valence-electron chi connectivity index (χ4n) is 3.23. The molecule has 0 aliphatic heterocycles. The van der Waals surface area contributed by atoms with E-state index in [1.54, 1.807) is 17.1 Å². The summed E-state index contributed by atoms with van der Waals surface area (Å²) in [5, 5.41) is 10.9. The summed E-state index contributed by atoms with van der Waals surface area (Å²) in [5.41, 5.74) is 4.46. The molecule has 6 nitrogen and oxygen atoms in total. The Morgan fingerprint density at radius 2 is 2.15 bits per heavy atom. The Balaban J connectivity index is 1.90. The number of nitriles is 1. The molecule has 2 atom stereocenters. The second-order valence-electron chi connectivity index (χ2n) is 6.69. The van der Waals surface area contributed by atoms with Crippen LogP contribution >= 0.6 is 27.5 Å². The SMILES string of the molecule is CC1CCC(N(NC(=O)c2ccc(CCl)cc2)c2nc(C#N)ncc2Br)C1. The molecule has 1 N–H and O–H groups in total. The highest BCUT2D eigenvalue weighted by Crippen LogP contribution is 2.33. The fourth-order valence-corrected chi connectivity index (χ4v) is 3.79. The summed E-state index contributed by atoms with van der Waals surface area (Å²) in [4.78, 5) is 21.1. The van der Waals surface area contributed by atoms with Crippen LogP contribution in [0.5, 0.6) is 0 Å². The zero-order valence-corrected chi connectivity index (χ0v) is 17.2. The van der Waals surface area contributed by atoms with Gasteiger partial charge in [0.15, 0.2) is 5.82 Å². The summed E-state index contributed by atoms with van der Waals surface area (Å²) in [6.07, 6.45) is 4.48. The predicted molar refractivity (Wildman–Crippen MR) is 107 cm³/mol. The van der Waals surface area contributed by atoms with E-state index >= 15 is 0 Å². The average molecular weight is 449 g/mol. The second kappa shape index (κ2) is 8.68. The first kappa shape index (κ1) is 19.6. The number of amides is 1. The van der Waals surface area contributed by atoms with Gasteiger partial charge in [0.2, 0.25) is 5.82 Å². The number of nitrogens with one attached hydrogen (secondary N) is 1. The van der Waals surface area contributed by atoms with Crippen LogP contribution in [0.2, 0.25) is 0 Å². The maximum atomic E-state index is 12.8. The van der Waals surface area contributed by atoms with Crippen LogP contribution in [0.15, 0.2) is 34.9 Å². The number of alkyl halides is 1. The molecule has 1 fully saturated rings. The minimum Gasteiger partial charge on any atom is -0.267 e. The molecule has 3 rings (SSSR count). The Labute approximate surface area is 171 Å². The van der Waals surface area contributed by atoms with Crippen LogP contribution in [-0.2, 0) is 5.88 Å². The molecule has 2 aromatic rings. The van der Waals surface area contributed by atoms with E-state index in [1.165, 1.54) is 6.20 Å². The number of nitrogens with zero attached hydrogens (tertiary/aromatic N) is 4. The first-order chi connectivity index (χ1) is 13.0. The zero-order valence-electron chi connectivity index (χ0n) is 14.8. The van der Waals surface area contributed by atoms with Gasteiger partial charge in [-0.15, -0.1) is 11.6 Å².